The topological polar surface area (TPSA) is 89.9 Å². The molecule has 0 aromatic heterocycles. The maximum Gasteiger partial charge on any atom is 0.304 e. The number of hydroxylamine groups is 1. The van der Waals surface area contributed by atoms with E-state index in [9.17, 15) is 13.2 Å². The molecule has 0 atom stereocenters. The van der Waals surface area contributed by atoms with Gasteiger partial charge in [-0.15, -0.1) is 0 Å². The number of hydrogen-bond donors (Lipinski definition) is 2. The van der Waals surface area contributed by atoms with Gasteiger partial charge in [0.15, 0.2) is 0 Å². The van der Waals surface area contributed by atoms with Gasteiger partial charge in [0.1, 0.15) is 0 Å². The molecule has 9 heteroatoms. The highest BCUT2D eigenvalue weighted by atomic mass is 35.5. The van der Waals surface area contributed by atoms with Crippen molar-refractivity contribution in [3.05, 3.63) is 28.8 Å². The Balaban J connectivity index is 2.46. The predicted octanol–water partition coefficient (Wildman–Crippen LogP) is 1.51. The van der Waals surface area contributed by atoms with Crippen LogP contribution in [0.25, 0.3) is 0 Å². The summed E-state index contributed by atoms with van der Waals surface area (Å²) in [6.07, 6.45) is 1.52. The van der Waals surface area contributed by atoms with Crippen molar-refractivity contribution in [3.63, 3.8) is 0 Å². The van der Waals surface area contributed by atoms with Crippen LogP contribution in [0.5, 0.6) is 0 Å². The fourth-order valence-electron chi connectivity index (χ4n) is 2.33. The van der Waals surface area contributed by atoms with Gasteiger partial charge in [-0.25, -0.2) is 5.48 Å². The molecule has 1 aromatic carbocycles. The Bertz CT molecular complexity index is 665. The smallest absolute Gasteiger partial charge is 0.289 e. The van der Waals surface area contributed by atoms with Crippen molar-refractivity contribution in [2.75, 3.05) is 17.4 Å². The van der Waals surface area contributed by atoms with E-state index in [-0.39, 0.29) is 6.54 Å². The summed E-state index contributed by atoms with van der Waals surface area (Å²) in [5.74, 6) is -0.797. The first kappa shape index (κ1) is 17.0. The highest BCUT2D eigenvalue weighted by Crippen LogP contribution is 2.36. The molecule has 2 rings (SSSR count). The number of unbranched alkanes of at least 4 members (excludes halogenated alkanes) is 1. The molecule has 1 amide bonds. The SMILES string of the molecule is CCCCN1c2cccc(Cl)c2CN(CC(=O)NO)S1(=O)=O. The summed E-state index contributed by atoms with van der Waals surface area (Å²) in [7, 11) is -3.84. The van der Waals surface area contributed by atoms with Crippen molar-refractivity contribution >= 4 is 33.4 Å². The molecule has 0 radical (unpaired) electrons. The molecule has 1 aliphatic heterocycles. The monoisotopic (exact) mass is 347 g/mol. The quantitative estimate of drug-likeness (QED) is 0.624. The molecule has 0 fully saturated rings. The number of nitrogens with one attached hydrogen (secondary N) is 1. The third-order valence-electron chi connectivity index (χ3n) is 3.46. The van der Waals surface area contributed by atoms with E-state index in [1.165, 1.54) is 9.79 Å². The van der Waals surface area contributed by atoms with Crippen molar-refractivity contribution in [1.82, 2.24) is 9.79 Å². The van der Waals surface area contributed by atoms with Crippen LogP contribution in [0.15, 0.2) is 18.2 Å². The zero-order valence-electron chi connectivity index (χ0n) is 12.1. The number of rotatable bonds is 5. The third-order valence-corrected chi connectivity index (χ3v) is 5.66. The summed E-state index contributed by atoms with van der Waals surface area (Å²) in [5, 5.41) is 9.08. The maximum absolute atomic E-state index is 12.7. The van der Waals surface area contributed by atoms with Gasteiger partial charge in [-0.05, 0) is 18.6 Å². The lowest BCUT2D eigenvalue weighted by Crippen LogP contribution is -2.50. The second-order valence-electron chi connectivity index (χ2n) is 4.97. The van der Waals surface area contributed by atoms with Crippen LogP contribution in [0.2, 0.25) is 5.02 Å². The Morgan fingerprint density at radius 1 is 1.45 bits per heavy atom. The van der Waals surface area contributed by atoms with Gasteiger partial charge in [0.25, 0.3) is 5.91 Å². The number of anilines is 1. The average molecular weight is 348 g/mol. The number of halogens is 1. The normalized spacial score (nSPS) is 17.1. The van der Waals surface area contributed by atoms with Crippen LogP contribution in [-0.4, -0.2) is 36.9 Å². The van der Waals surface area contributed by atoms with E-state index in [0.29, 0.717) is 29.2 Å². The van der Waals surface area contributed by atoms with Crippen molar-refractivity contribution in [2.45, 2.75) is 26.3 Å². The van der Waals surface area contributed by atoms with Gasteiger partial charge in [0, 0.05) is 23.7 Å². The van der Waals surface area contributed by atoms with Gasteiger partial charge in [-0.3, -0.25) is 14.3 Å². The van der Waals surface area contributed by atoms with Crippen LogP contribution in [-0.2, 0) is 21.5 Å². The van der Waals surface area contributed by atoms with E-state index >= 15 is 0 Å². The minimum absolute atomic E-state index is 0.00656. The van der Waals surface area contributed by atoms with Crippen molar-refractivity contribution in [3.8, 4) is 0 Å². The molecule has 7 nitrogen and oxygen atoms in total. The number of carbonyl (C=O) groups is 1. The van der Waals surface area contributed by atoms with Gasteiger partial charge in [0.05, 0.1) is 12.2 Å². The van der Waals surface area contributed by atoms with Crippen LogP contribution in [0.4, 0.5) is 5.69 Å². The first-order chi connectivity index (χ1) is 10.4. The minimum atomic E-state index is -3.84. The molecular weight excluding hydrogens is 330 g/mol. The number of carbonyl (C=O) groups excluding carboxylic acids is 1. The van der Waals surface area contributed by atoms with E-state index in [1.807, 2.05) is 6.92 Å². The Morgan fingerprint density at radius 3 is 2.82 bits per heavy atom. The van der Waals surface area contributed by atoms with E-state index in [4.69, 9.17) is 16.8 Å². The fourth-order valence-corrected chi connectivity index (χ4v) is 4.19. The number of fused-ring (bicyclic) bond motifs is 1. The summed E-state index contributed by atoms with van der Waals surface area (Å²) < 4.78 is 27.7. The predicted molar refractivity (Wildman–Crippen MR) is 83.0 cm³/mol. The Hall–Kier alpha value is -1.35. The van der Waals surface area contributed by atoms with Gasteiger partial charge in [-0.1, -0.05) is 31.0 Å². The van der Waals surface area contributed by atoms with Gasteiger partial charge >= 0.3 is 10.2 Å². The van der Waals surface area contributed by atoms with Crippen molar-refractivity contribution < 1.29 is 18.4 Å². The summed E-state index contributed by atoms with van der Waals surface area (Å²) in [6.45, 7) is 1.80. The third kappa shape index (κ3) is 3.19. The molecule has 1 aliphatic rings. The lowest BCUT2D eigenvalue weighted by atomic mass is 10.1. The maximum atomic E-state index is 12.7. The Morgan fingerprint density at radius 2 is 2.18 bits per heavy atom. The molecular formula is C13H18ClN3O4S. The molecule has 122 valence electrons. The van der Waals surface area contributed by atoms with Crippen LogP contribution in [0.3, 0.4) is 0 Å². The molecule has 1 heterocycles. The Labute approximate surface area is 134 Å². The lowest BCUT2D eigenvalue weighted by Gasteiger charge is -2.37. The van der Waals surface area contributed by atoms with Crippen LogP contribution < -0.4 is 9.79 Å². The van der Waals surface area contributed by atoms with Gasteiger partial charge < -0.3 is 0 Å². The summed E-state index contributed by atoms with van der Waals surface area (Å²) in [4.78, 5) is 11.4. The molecule has 0 saturated heterocycles. The Kier molecular flexibility index (Phi) is 5.28. The summed E-state index contributed by atoms with van der Waals surface area (Å²) in [6, 6.07) is 5.09. The molecule has 0 saturated carbocycles. The van der Waals surface area contributed by atoms with E-state index in [2.05, 4.69) is 0 Å². The largest absolute Gasteiger partial charge is 0.304 e. The zero-order chi connectivity index (χ0) is 16.3. The van der Waals surface area contributed by atoms with E-state index in [1.54, 1.807) is 18.2 Å². The first-order valence-electron chi connectivity index (χ1n) is 6.90. The molecule has 0 unspecified atom stereocenters. The highest BCUT2D eigenvalue weighted by molar-refractivity contribution is 7.90. The minimum Gasteiger partial charge on any atom is -0.289 e. The number of nitrogens with zero attached hydrogens (tertiary/aromatic N) is 2. The molecule has 0 spiro atoms. The van der Waals surface area contributed by atoms with Crippen molar-refractivity contribution in [2.24, 2.45) is 0 Å². The summed E-state index contributed by atoms with van der Waals surface area (Å²) in [5.41, 5.74) is 2.65. The number of benzene rings is 1. The molecule has 0 bridgehead atoms. The van der Waals surface area contributed by atoms with Gasteiger partial charge in [-0.2, -0.15) is 12.7 Å². The molecule has 22 heavy (non-hydrogen) atoms. The van der Waals surface area contributed by atoms with Crippen LogP contribution in [0.1, 0.15) is 25.3 Å². The van der Waals surface area contributed by atoms with Gasteiger partial charge in [0.2, 0.25) is 0 Å². The second kappa shape index (κ2) is 6.82. The zero-order valence-corrected chi connectivity index (χ0v) is 13.7. The van der Waals surface area contributed by atoms with Crippen molar-refractivity contribution in [1.29, 1.82) is 0 Å². The number of hydrogen-bond acceptors (Lipinski definition) is 4. The second-order valence-corrected chi connectivity index (χ2v) is 7.23. The lowest BCUT2D eigenvalue weighted by molar-refractivity contribution is -0.129. The van der Waals surface area contributed by atoms with E-state index < -0.39 is 22.7 Å². The first-order valence-corrected chi connectivity index (χ1v) is 8.67. The van der Waals surface area contributed by atoms with E-state index in [0.717, 1.165) is 10.7 Å². The summed E-state index contributed by atoms with van der Waals surface area (Å²) >= 11 is 6.17. The molecule has 2 N–H and O–H groups in total. The number of amides is 1. The average Bonchev–Trinajstić information content (AvgIpc) is 2.48. The molecule has 0 aliphatic carbocycles. The van der Waals surface area contributed by atoms with Crippen LogP contribution in [0, 0.1) is 0 Å². The van der Waals surface area contributed by atoms with Crippen LogP contribution >= 0.6 is 11.6 Å². The highest BCUT2D eigenvalue weighted by Gasteiger charge is 2.37. The fraction of sp³-hybridized carbons (Fsp3) is 0.462. The standard InChI is InChI=1S/C13H18ClN3O4S/c1-2-3-7-17-12-6-4-5-11(14)10(12)8-16(22(17,20)21)9-13(18)15-19/h4-6,19H,2-3,7-9H2,1H3,(H,15,18). The molecule has 1 aromatic rings.